The highest BCUT2D eigenvalue weighted by molar-refractivity contribution is 9.10. The van der Waals surface area contributed by atoms with Gasteiger partial charge in [-0.05, 0) is 43.2 Å². The minimum atomic E-state index is -0.283. The first-order valence-electron chi connectivity index (χ1n) is 9.93. The number of nitrogens with zero attached hydrogens (tertiary/aromatic N) is 4. The van der Waals surface area contributed by atoms with Gasteiger partial charge in [0.25, 0.3) is 0 Å². The Bertz CT molecular complexity index is 1060. The van der Waals surface area contributed by atoms with Crippen LogP contribution in [0.15, 0.2) is 40.9 Å². The average molecular weight is 457 g/mol. The van der Waals surface area contributed by atoms with Crippen molar-refractivity contribution >= 4 is 38.3 Å². The number of hydrogen-bond donors (Lipinski definition) is 0. The van der Waals surface area contributed by atoms with Crippen molar-refractivity contribution < 1.29 is 9.13 Å². The Hall–Kier alpha value is -2.41. The zero-order valence-electron chi connectivity index (χ0n) is 16.2. The Morgan fingerprint density at radius 3 is 2.48 bits per heavy atom. The molecule has 1 aliphatic heterocycles. The Morgan fingerprint density at radius 2 is 1.76 bits per heavy atom. The van der Waals surface area contributed by atoms with Gasteiger partial charge in [0.2, 0.25) is 0 Å². The van der Waals surface area contributed by atoms with Gasteiger partial charge in [0.05, 0.1) is 18.3 Å². The molecule has 0 radical (unpaired) electrons. The van der Waals surface area contributed by atoms with E-state index in [9.17, 15) is 4.39 Å². The predicted molar refractivity (Wildman–Crippen MR) is 117 cm³/mol. The van der Waals surface area contributed by atoms with Crippen molar-refractivity contribution in [1.29, 1.82) is 0 Å². The molecule has 1 aliphatic carbocycles. The monoisotopic (exact) mass is 456 g/mol. The fourth-order valence-corrected chi connectivity index (χ4v) is 4.30. The van der Waals surface area contributed by atoms with Gasteiger partial charge in [-0.1, -0.05) is 15.9 Å². The largest absolute Gasteiger partial charge is 0.494 e. The van der Waals surface area contributed by atoms with Gasteiger partial charge >= 0.3 is 0 Å². The first kappa shape index (κ1) is 18.6. The van der Waals surface area contributed by atoms with Crippen LogP contribution in [-0.4, -0.2) is 43.3 Å². The molecule has 0 spiro atoms. The van der Waals surface area contributed by atoms with E-state index in [1.54, 1.807) is 13.2 Å². The second kappa shape index (κ2) is 7.44. The van der Waals surface area contributed by atoms with Crippen molar-refractivity contribution in [2.24, 2.45) is 0 Å². The third-order valence-electron chi connectivity index (χ3n) is 5.66. The number of rotatable bonds is 4. The number of hydrogen-bond acceptors (Lipinski definition) is 5. The lowest BCUT2D eigenvalue weighted by molar-refractivity contribution is 0.410. The molecule has 150 valence electrons. The van der Waals surface area contributed by atoms with Crippen LogP contribution in [0.2, 0.25) is 0 Å². The zero-order chi connectivity index (χ0) is 20.0. The van der Waals surface area contributed by atoms with Gasteiger partial charge in [-0.3, -0.25) is 0 Å². The van der Waals surface area contributed by atoms with Gasteiger partial charge in [0.15, 0.2) is 0 Å². The van der Waals surface area contributed by atoms with Gasteiger partial charge in [-0.15, -0.1) is 0 Å². The Morgan fingerprint density at radius 1 is 1.00 bits per heavy atom. The molecule has 3 aromatic rings. The fourth-order valence-electron chi connectivity index (χ4n) is 3.94. The van der Waals surface area contributed by atoms with Gasteiger partial charge in [-0.2, -0.15) is 0 Å². The number of halogens is 2. The molecule has 5 nitrogen and oxygen atoms in total. The smallest absolute Gasteiger partial charge is 0.145 e. The second-order valence-corrected chi connectivity index (χ2v) is 8.55. The Balaban J connectivity index is 1.43. The highest BCUT2D eigenvalue weighted by atomic mass is 79.9. The number of anilines is 2. The molecule has 2 fully saturated rings. The molecule has 2 aromatic carbocycles. The number of ether oxygens (including phenoxy) is 1. The van der Waals surface area contributed by atoms with Crippen LogP contribution in [0, 0.1) is 5.82 Å². The summed E-state index contributed by atoms with van der Waals surface area (Å²) < 4.78 is 20.0. The minimum Gasteiger partial charge on any atom is -0.494 e. The van der Waals surface area contributed by atoms with E-state index in [-0.39, 0.29) is 5.82 Å². The van der Waals surface area contributed by atoms with E-state index in [0.29, 0.717) is 11.7 Å². The number of methoxy groups -OCH3 is 1. The number of piperazine rings is 1. The summed E-state index contributed by atoms with van der Waals surface area (Å²) in [6.07, 6.45) is 2.36. The maximum atomic E-state index is 13.5. The van der Waals surface area contributed by atoms with Crippen LogP contribution in [0.25, 0.3) is 10.9 Å². The Kier molecular flexibility index (Phi) is 4.78. The highest BCUT2D eigenvalue weighted by Gasteiger charge is 2.29. The van der Waals surface area contributed by atoms with Gasteiger partial charge in [0, 0.05) is 48.0 Å². The molecule has 2 aliphatic rings. The number of benzene rings is 2. The van der Waals surface area contributed by atoms with E-state index in [4.69, 9.17) is 14.7 Å². The van der Waals surface area contributed by atoms with Crippen LogP contribution in [0.5, 0.6) is 5.75 Å². The molecular formula is C22H22BrFN4O. The lowest BCUT2D eigenvalue weighted by Crippen LogP contribution is -2.47. The van der Waals surface area contributed by atoms with Crippen molar-refractivity contribution in [2.45, 2.75) is 18.8 Å². The number of aromatic nitrogens is 2. The Labute approximate surface area is 177 Å². The molecule has 5 rings (SSSR count). The third kappa shape index (κ3) is 3.64. The highest BCUT2D eigenvalue weighted by Crippen LogP contribution is 2.40. The van der Waals surface area contributed by atoms with E-state index in [2.05, 4.69) is 37.9 Å². The van der Waals surface area contributed by atoms with Gasteiger partial charge in [-0.25, -0.2) is 14.4 Å². The molecule has 1 aromatic heterocycles. The van der Waals surface area contributed by atoms with E-state index in [1.807, 2.05) is 6.07 Å². The quantitative estimate of drug-likeness (QED) is 0.566. The molecular weight excluding hydrogens is 435 g/mol. The summed E-state index contributed by atoms with van der Waals surface area (Å²) in [5, 5.41) is 1.08. The van der Waals surface area contributed by atoms with Crippen molar-refractivity contribution in [3.63, 3.8) is 0 Å². The molecule has 0 atom stereocenters. The van der Waals surface area contributed by atoms with Gasteiger partial charge < -0.3 is 14.5 Å². The molecule has 0 N–H and O–H groups in total. The van der Waals surface area contributed by atoms with Crippen molar-refractivity contribution in [3.8, 4) is 5.75 Å². The van der Waals surface area contributed by atoms with Crippen LogP contribution >= 0.6 is 15.9 Å². The molecule has 2 heterocycles. The summed E-state index contributed by atoms with van der Waals surface area (Å²) in [6, 6.07) is 10.9. The van der Waals surface area contributed by atoms with E-state index in [1.165, 1.54) is 25.0 Å². The van der Waals surface area contributed by atoms with Crippen molar-refractivity contribution in [1.82, 2.24) is 9.97 Å². The first-order chi connectivity index (χ1) is 14.1. The maximum Gasteiger partial charge on any atom is 0.145 e. The molecule has 29 heavy (non-hydrogen) atoms. The summed E-state index contributed by atoms with van der Waals surface area (Å²) in [7, 11) is 1.58. The molecule has 0 unspecified atom stereocenters. The van der Waals surface area contributed by atoms with Gasteiger partial charge in [0.1, 0.15) is 23.2 Å². The van der Waals surface area contributed by atoms with Crippen LogP contribution in [-0.2, 0) is 0 Å². The predicted octanol–water partition coefficient (Wildman–Crippen LogP) is 4.74. The first-order valence-corrected chi connectivity index (χ1v) is 10.7. The third-order valence-corrected chi connectivity index (χ3v) is 6.15. The fraction of sp³-hybridized carbons (Fsp3) is 0.364. The minimum absolute atomic E-state index is 0.283. The molecule has 0 bridgehead atoms. The molecule has 1 saturated carbocycles. The molecule has 7 heteroatoms. The standard InChI is InChI=1S/C22H22BrFN4O/c1-29-20-13-16(24)5-7-19(20)27-8-10-28(11-9-27)22-17-12-15(23)4-6-18(17)25-21(26-22)14-2-3-14/h4-7,12-14H,2-3,8-11H2,1H3. The summed E-state index contributed by atoms with van der Waals surface area (Å²) >= 11 is 3.59. The SMILES string of the molecule is COc1cc(F)ccc1N1CCN(c2nc(C3CC3)nc3ccc(Br)cc23)CC1. The normalized spacial score (nSPS) is 17.1. The van der Waals surface area contributed by atoms with Crippen molar-refractivity contribution in [3.05, 3.63) is 52.5 Å². The lowest BCUT2D eigenvalue weighted by atomic mass is 10.2. The summed E-state index contributed by atoms with van der Waals surface area (Å²) in [5.74, 6) is 2.79. The van der Waals surface area contributed by atoms with Crippen molar-refractivity contribution in [2.75, 3.05) is 43.1 Å². The van der Waals surface area contributed by atoms with E-state index < -0.39 is 0 Å². The average Bonchev–Trinajstić information content (AvgIpc) is 3.58. The van der Waals surface area contributed by atoms with Crippen LogP contribution < -0.4 is 14.5 Å². The zero-order valence-corrected chi connectivity index (χ0v) is 17.8. The molecule has 0 amide bonds. The van der Waals surface area contributed by atoms with E-state index >= 15 is 0 Å². The van der Waals surface area contributed by atoms with Crippen LogP contribution in [0.1, 0.15) is 24.6 Å². The topological polar surface area (TPSA) is 41.5 Å². The maximum absolute atomic E-state index is 13.5. The van der Waals surface area contributed by atoms with E-state index in [0.717, 1.165) is 58.9 Å². The van der Waals surface area contributed by atoms with Crippen LogP contribution in [0.4, 0.5) is 15.9 Å². The summed E-state index contributed by atoms with van der Waals surface area (Å²) in [6.45, 7) is 3.31. The summed E-state index contributed by atoms with van der Waals surface area (Å²) in [5.41, 5.74) is 1.94. The lowest BCUT2D eigenvalue weighted by Gasteiger charge is -2.37. The number of fused-ring (bicyclic) bond motifs is 1. The molecule has 1 saturated heterocycles. The second-order valence-electron chi connectivity index (χ2n) is 7.63. The van der Waals surface area contributed by atoms with Crippen LogP contribution in [0.3, 0.4) is 0 Å². The summed E-state index contributed by atoms with van der Waals surface area (Å²) in [4.78, 5) is 14.4.